The molecule has 1 aromatic rings. The molecule has 120 valence electrons. The second-order valence-electron chi connectivity index (χ2n) is 4.76. The fraction of sp³-hybridized carbons (Fsp3) is 0.571. The van der Waals surface area contributed by atoms with Crippen LogP contribution < -0.4 is 10.1 Å². The lowest BCUT2D eigenvalue weighted by Gasteiger charge is -2.35. The lowest BCUT2D eigenvalue weighted by molar-refractivity contribution is 0.150. The maximum atomic E-state index is 14.3. The van der Waals surface area contributed by atoms with Gasteiger partial charge >= 0.3 is 0 Å². The Morgan fingerprint density at radius 2 is 1.95 bits per heavy atom. The molecule has 0 unspecified atom stereocenters. The molecule has 21 heavy (non-hydrogen) atoms. The molecule has 0 radical (unpaired) electrons. The first-order chi connectivity index (χ1) is 9.69. The van der Waals surface area contributed by atoms with E-state index in [4.69, 9.17) is 4.74 Å². The summed E-state index contributed by atoms with van der Waals surface area (Å²) in [5.41, 5.74) is -0.0936. The van der Waals surface area contributed by atoms with Gasteiger partial charge in [-0.25, -0.2) is 8.78 Å². The standard InChI is InChI=1S/C14H19F3N2O.ClH/c1-20-12-3-2-10(16)13(14(12)17)11(4-5-15)19-8-6-18-7-9-19;/h2-3,11,18H,4-9H2,1H3;1H/t11-;/m0./s1. The summed E-state index contributed by atoms with van der Waals surface area (Å²) in [6, 6.07) is 1.82. The molecule has 1 heterocycles. The zero-order chi connectivity index (χ0) is 14.5. The Hall–Kier alpha value is -0.980. The van der Waals surface area contributed by atoms with E-state index in [1.807, 2.05) is 4.90 Å². The van der Waals surface area contributed by atoms with Crippen molar-refractivity contribution in [3.05, 3.63) is 29.3 Å². The summed E-state index contributed by atoms with van der Waals surface area (Å²) in [6.07, 6.45) is 0.0704. The van der Waals surface area contributed by atoms with E-state index < -0.39 is 24.4 Å². The van der Waals surface area contributed by atoms with Crippen LogP contribution in [0, 0.1) is 11.6 Å². The topological polar surface area (TPSA) is 24.5 Å². The Morgan fingerprint density at radius 1 is 1.29 bits per heavy atom. The molecule has 0 aliphatic carbocycles. The van der Waals surface area contributed by atoms with E-state index in [9.17, 15) is 13.2 Å². The second kappa shape index (κ2) is 8.46. The number of nitrogens with one attached hydrogen (secondary N) is 1. The van der Waals surface area contributed by atoms with E-state index in [0.717, 1.165) is 13.1 Å². The highest BCUT2D eigenvalue weighted by atomic mass is 35.5. The van der Waals surface area contributed by atoms with Crippen LogP contribution in [0.2, 0.25) is 0 Å². The number of alkyl halides is 1. The Kier molecular flexibility index (Phi) is 7.28. The van der Waals surface area contributed by atoms with Gasteiger partial charge in [-0.05, 0) is 18.6 Å². The maximum Gasteiger partial charge on any atom is 0.172 e. The van der Waals surface area contributed by atoms with Crippen LogP contribution in [0.1, 0.15) is 18.0 Å². The van der Waals surface area contributed by atoms with Crippen molar-refractivity contribution in [2.45, 2.75) is 12.5 Å². The number of nitrogens with zero attached hydrogens (tertiary/aromatic N) is 1. The molecule has 1 saturated heterocycles. The van der Waals surface area contributed by atoms with Crippen LogP contribution in [-0.4, -0.2) is 44.9 Å². The zero-order valence-corrected chi connectivity index (χ0v) is 12.7. The van der Waals surface area contributed by atoms with Crippen molar-refractivity contribution >= 4 is 12.4 Å². The third-order valence-electron chi connectivity index (χ3n) is 3.62. The molecular formula is C14H20ClF3N2O. The minimum atomic E-state index is -0.732. The zero-order valence-electron chi connectivity index (χ0n) is 11.9. The molecule has 0 amide bonds. The van der Waals surface area contributed by atoms with Gasteiger partial charge in [0, 0.05) is 37.8 Å². The lowest BCUT2D eigenvalue weighted by atomic mass is 10.00. The number of piperazine rings is 1. The first-order valence-corrected chi connectivity index (χ1v) is 6.71. The third-order valence-corrected chi connectivity index (χ3v) is 3.62. The Morgan fingerprint density at radius 3 is 2.52 bits per heavy atom. The van der Waals surface area contributed by atoms with Crippen LogP contribution in [0.15, 0.2) is 12.1 Å². The predicted octanol–water partition coefficient (Wildman–Crippen LogP) is 2.70. The Balaban J connectivity index is 0.00000220. The Bertz CT molecular complexity index is 456. The summed E-state index contributed by atoms with van der Waals surface area (Å²) in [7, 11) is 1.33. The average Bonchev–Trinajstić information content (AvgIpc) is 2.47. The molecule has 2 rings (SSSR count). The monoisotopic (exact) mass is 324 g/mol. The molecule has 1 N–H and O–H groups in total. The summed E-state index contributed by atoms with van der Waals surface area (Å²) in [5.74, 6) is -1.40. The van der Waals surface area contributed by atoms with E-state index in [2.05, 4.69) is 5.32 Å². The minimum Gasteiger partial charge on any atom is -0.494 e. The van der Waals surface area contributed by atoms with Crippen LogP contribution >= 0.6 is 12.4 Å². The summed E-state index contributed by atoms with van der Waals surface area (Å²) in [4.78, 5) is 1.91. The van der Waals surface area contributed by atoms with Gasteiger partial charge in [-0.2, -0.15) is 0 Å². The number of benzene rings is 1. The van der Waals surface area contributed by atoms with Gasteiger partial charge in [0.05, 0.1) is 13.8 Å². The third kappa shape index (κ3) is 4.02. The number of halogens is 4. The van der Waals surface area contributed by atoms with Crippen LogP contribution in [0.4, 0.5) is 13.2 Å². The molecule has 1 fully saturated rings. The molecule has 0 spiro atoms. The number of methoxy groups -OCH3 is 1. The second-order valence-corrected chi connectivity index (χ2v) is 4.76. The highest BCUT2D eigenvalue weighted by Gasteiger charge is 2.28. The molecule has 3 nitrogen and oxygen atoms in total. The van der Waals surface area contributed by atoms with Crippen molar-refractivity contribution in [2.24, 2.45) is 0 Å². The smallest absolute Gasteiger partial charge is 0.172 e. The van der Waals surface area contributed by atoms with E-state index in [1.54, 1.807) is 0 Å². The predicted molar refractivity (Wildman–Crippen MR) is 77.9 cm³/mol. The number of hydrogen-bond donors (Lipinski definition) is 1. The molecule has 0 aromatic heterocycles. The van der Waals surface area contributed by atoms with Crippen LogP contribution in [-0.2, 0) is 0 Å². The van der Waals surface area contributed by atoms with Gasteiger partial charge in [-0.15, -0.1) is 12.4 Å². The number of ether oxygens (including phenoxy) is 1. The number of hydrogen-bond acceptors (Lipinski definition) is 3. The molecule has 7 heteroatoms. The van der Waals surface area contributed by atoms with E-state index in [-0.39, 0.29) is 30.1 Å². The normalized spacial score (nSPS) is 17.1. The van der Waals surface area contributed by atoms with Gasteiger partial charge in [0.2, 0.25) is 0 Å². The van der Waals surface area contributed by atoms with Crippen molar-refractivity contribution in [3.8, 4) is 5.75 Å². The summed E-state index contributed by atoms with van der Waals surface area (Å²) >= 11 is 0. The largest absolute Gasteiger partial charge is 0.494 e. The highest BCUT2D eigenvalue weighted by Crippen LogP contribution is 2.33. The Labute approximate surface area is 128 Å². The molecule has 1 aromatic carbocycles. The molecular weight excluding hydrogens is 305 g/mol. The van der Waals surface area contributed by atoms with E-state index in [1.165, 1.54) is 19.2 Å². The highest BCUT2D eigenvalue weighted by molar-refractivity contribution is 5.85. The van der Waals surface area contributed by atoms with Gasteiger partial charge in [-0.3, -0.25) is 9.29 Å². The molecule has 0 bridgehead atoms. The maximum absolute atomic E-state index is 14.3. The summed E-state index contributed by atoms with van der Waals surface area (Å²) in [6.45, 7) is 2.12. The fourth-order valence-corrected chi connectivity index (χ4v) is 2.62. The van der Waals surface area contributed by atoms with Crippen molar-refractivity contribution in [1.29, 1.82) is 0 Å². The SMILES string of the molecule is COc1ccc(F)c([C@H](CCF)N2CCNCC2)c1F.Cl. The van der Waals surface area contributed by atoms with Crippen LogP contribution in [0.5, 0.6) is 5.75 Å². The van der Waals surface area contributed by atoms with Crippen molar-refractivity contribution in [3.63, 3.8) is 0 Å². The summed E-state index contributed by atoms with van der Waals surface area (Å²) in [5, 5.41) is 3.17. The average molecular weight is 325 g/mol. The van der Waals surface area contributed by atoms with Crippen molar-refractivity contribution in [2.75, 3.05) is 40.0 Å². The number of rotatable bonds is 5. The van der Waals surface area contributed by atoms with Crippen molar-refractivity contribution < 1.29 is 17.9 Å². The van der Waals surface area contributed by atoms with Gasteiger partial charge in [0.25, 0.3) is 0 Å². The minimum absolute atomic E-state index is 0. The van der Waals surface area contributed by atoms with Gasteiger partial charge in [0.1, 0.15) is 5.82 Å². The summed E-state index contributed by atoms with van der Waals surface area (Å²) < 4.78 is 46.1. The van der Waals surface area contributed by atoms with Gasteiger partial charge in [-0.1, -0.05) is 0 Å². The molecule has 1 atom stereocenters. The first-order valence-electron chi connectivity index (χ1n) is 6.71. The molecule has 1 aliphatic heterocycles. The molecule has 0 saturated carbocycles. The lowest BCUT2D eigenvalue weighted by Crippen LogP contribution is -2.45. The molecule has 1 aliphatic rings. The quantitative estimate of drug-likeness (QED) is 0.901. The fourth-order valence-electron chi connectivity index (χ4n) is 2.62. The first kappa shape index (κ1) is 18.1. The van der Waals surface area contributed by atoms with Crippen LogP contribution in [0.25, 0.3) is 0 Å². The van der Waals surface area contributed by atoms with Crippen LogP contribution in [0.3, 0.4) is 0 Å². The van der Waals surface area contributed by atoms with E-state index in [0.29, 0.717) is 13.1 Å². The van der Waals surface area contributed by atoms with Gasteiger partial charge in [0.15, 0.2) is 11.6 Å². The van der Waals surface area contributed by atoms with E-state index >= 15 is 0 Å². The van der Waals surface area contributed by atoms with Gasteiger partial charge < -0.3 is 10.1 Å². The van der Waals surface area contributed by atoms with Crippen molar-refractivity contribution in [1.82, 2.24) is 10.2 Å².